The number of amides is 2. The average Bonchev–Trinajstić information content (AvgIpc) is 3.52. The Hall–Kier alpha value is -3.48. The third kappa shape index (κ3) is 3.78. The quantitative estimate of drug-likeness (QED) is 0.716. The number of nitrogens with zero attached hydrogens (tertiary/aromatic N) is 2. The summed E-state index contributed by atoms with van der Waals surface area (Å²) in [5.74, 6) is 0.193. The van der Waals surface area contributed by atoms with Crippen molar-refractivity contribution in [2.75, 3.05) is 10.6 Å². The molecule has 1 saturated carbocycles. The molecule has 0 atom stereocenters. The van der Waals surface area contributed by atoms with E-state index >= 15 is 0 Å². The minimum absolute atomic E-state index is 0.0259. The molecule has 1 fully saturated rings. The van der Waals surface area contributed by atoms with E-state index in [0.29, 0.717) is 28.1 Å². The molecule has 0 unspecified atom stereocenters. The van der Waals surface area contributed by atoms with Gasteiger partial charge < -0.3 is 10.6 Å². The molecule has 0 spiro atoms. The predicted octanol–water partition coefficient (Wildman–Crippen LogP) is 2.69. The topological polar surface area (TPSA) is 93.1 Å². The van der Waals surface area contributed by atoms with Crippen LogP contribution in [0.3, 0.4) is 0 Å². The molecule has 4 rings (SSSR count). The van der Waals surface area contributed by atoms with E-state index in [1.165, 1.54) is 4.57 Å². The molecule has 3 aromatic rings. The highest BCUT2D eigenvalue weighted by molar-refractivity contribution is 5.96. The molecule has 1 heterocycles. The van der Waals surface area contributed by atoms with E-state index in [9.17, 15) is 14.4 Å². The van der Waals surface area contributed by atoms with Crippen molar-refractivity contribution in [3.8, 4) is 0 Å². The number of hydrogen-bond donors (Lipinski definition) is 2. The number of nitrogens with one attached hydrogen (secondary N) is 2. The average molecular weight is 376 g/mol. The summed E-state index contributed by atoms with van der Waals surface area (Å²) in [6, 6.07) is 14.1. The molecule has 0 radical (unpaired) electrons. The highest BCUT2D eigenvalue weighted by Gasteiger charge is 2.29. The molecule has 7 heteroatoms. The van der Waals surface area contributed by atoms with Crippen LogP contribution < -0.4 is 16.2 Å². The van der Waals surface area contributed by atoms with Crippen molar-refractivity contribution in [2.24, 2.45) is 5.92 Å². The van der Waals surface area contributed by atoms with Gasteiger partial charge >= 0.3 is 0 Å². The van der Waals surface area contributed by atoms with Gasteiger partial charge in [-0.25, -0.2) is 4.98 Å². The van der Waals surface area contributed by atoms with E-state index in [2.05, 4.69) is 15.6 Å². The Bertz CT molecular complexity index is 1120. The van der Waals surface area contributed by atoms with E-state index < -0.39 is 0 Å². The first-order valence-electron chi connectivity index (χ1n) is 9.18. The lowest BCUT2D eigenvalue weighted by atomic mass is 10.2. The highest BCUT2D eigenvalue weighted by atomic mass is 16.2. The van der Waals surface area contributed by atoms with E-state index in [0.717, 1.165) is 12.8 Å². The van der Waals surface area contributed by atoms with E-state index in [4.69, 9.17) is 0 Å². The Morgan fingerprint density at radius 1 is 1.07 bits per heavy atom. The highest BCUT2D eigenvalue weighted by Crippen LogP contribution is 2.30. The number of aryl methyl sites for hydroxylation is 1. The summed E-state index contributed by atoms with van der Waals surface area (Å²) in [5, 5.41) is 5.97. The maximum Gasteiger partial charge on any atom is 0.261 e. The van der Waals surface area contributed by atoms with Crippen LogP contribution in [0.1, 0.15) is 18.7 Å². The fourth-order valence-electron chi connectivity index (χ4n) is 3.05. The maximum absolute atomic E-state index is 13.0. The van der Waals surface area contributed by atoms with Crippen molar-refractivity contribution in [1.82, 2.24) is 9.55 Å². The number of rotatable bonds is 5. The molecule has 2 N–H and O–H groups in total. The van der Waals surface area contributed by atoms with Crippen LogP contribution in [0.5, 0.6) is 0 Å². The van der Waals surface area contributed by atoms with Crippen molar-refractivity contribution in [1.29, 1.82) is 0 Å². The number of carbonyl (C=O) groups is 2. The fourth-order valence-corrected chi connectivity index (χ4v) is 3.05. The van der Waals surface area contributed by atoms with Gasteiger partial charge in [0.05, 0.1) is 10.9 Å². The van der Waals surface area contributed by atoms with E-state index in [-0.39, 0.29) is 29.8 Å². The van der Waals surface area contributed by atoms with Gasteiger partial charge in [0.2, 0.25) is 11.8 Å². The molecular formula is C21H20N4O3. The standard InChI is InChI=1S/C21H20N4O3/c1-13-22-18-10-9-16(24-20(27)14-7-8-14)11-17(18)21(28)25(13)12-19(26)23-15-5-3-2-4-6-15/h2-6,9-11,14H,7-8,12H2,1H3,(H,23,26)(H,24,27). The number of hydrogen-bond acceptors (Lipinski definition) is 4. The van der Waals surface area contributed by atoms with Crippen LogP contribution in [0, 0.1) is 12.8 Å². The summed E-state index contributed by atoms with van der Waals surface area (Å²) in [4.78, 5) is 41.7. The molecule has 1 aromatic heterocycles. The number of fused-ring (bicyclic) bond motifs is 1. The van der Waals surface area contributed by atoms with Gasteiger partial charge in [0, 0.05) is 17.3 Å². The Labute approximate surface area is 161 Å². The van der Waals surface area contributed by atoms with Crippen LogP contribution in [-0.2, 0) is 16.1 Å². The lowest BCUT2D eigenvalue weighted by molar-refractivity contribution is -0.117. The molecule has 2 amide bonds. The monoisotopic (exact) mass is 376 g/mol. The van der Waals surface area contributed by atoms with Crippen molar-refractivity contribution >= 4 is 34.1 Å². The van der Waals surface area contributed by atoms with Crippen molar-refractivity contribution < 1.29 is 9.59 Å². The molecule has 0 aliphatic heterocycles. The fraction of sp³-hybridized carbons (Fsp3) is 0.238. The van der Waals surface area contributed by atoms with Gasteiger partial charge in [-0.2, -0.15) is 0 Å². The zero-order chi connectivity index (χ0) is 19.7. The van der Waals surface area contributed by atoms with Gasteiger partial charge in [-0.05, 0) is 50.1 Å². The molecule has 2 aromatic carbocycles. The van der Waals surface area contributed by atoms with Gasteiger partial charge in [-0.1, -0.05) is 18.2 Å². The first-order chi connectivity index (χ1) is 13.5. The molecule has 1 aliphatic carbocycles. The second kappa shape index (κ2) is 7.26. The number of aromatic nitrogens is 2. The van der Waals surface area contributed by atoms with Crippen LogP contribution in [0.4, 0.5) is 11.4 Å². The van der Waals surface area contributed by atoms with Crippen LogP contribution in [-0.4, -0.2) is 21.4 Å². The van der Waals surface area contributed by atoms with E-state index in [1.807, 2.05) is 18.2 Å². The van der Waals surface area contributed by atoms with Crippen molar-refractivity contribution in [2.45, 2.75) is 26.3 Å². The second-order valence-electron chi connectivity index (χ2n) is 6.96. The molecule has 142 valence electrons. The SMILES string of the molecule is Cc1nc2ccc(NC(=O)C3CC3)cc2c(=O)n1CC(=O)Nc1ccccc1. The zero-order valence-corrected chi connectivity index (χ0v) is 15.4. The maximum atomic E-state index is 13.0. The lowest BCUT2D eigenvalue weighted by Crippen LogP contribution is -2.30. The van der Waals surface area contributed by atoms with Crippen molar-refractivity contribution in [3.63, 3.8) is 0 Å². The summed E-state index contributed by atoms with van der Waals surface area (Å²) in [6.07, 6.45) is 1.81. The molecule has 0 bridgehead atoms. The first kappa shape index (κ1) is 17.9. The normalized spacial score (nSPS) is 13.3. The third-order valence-electron chi connectivity index (χ3n) is 4.72. The summed E-state index contributed by atoms with van der Waals surface area (Å²) >= 11 is 0. The van der Waals surface area contributed by atoms with Gasteiger partial charge in [0.1, 0.15) is 12.4 Å². The second-order valence-corrected chi connectivity index (χ2v) is 6.96. The molecule has 28 heavy (non-hydrogen) atoms. The largest absolute Gasteiger partial charge is 0.326 e. The summed E-state index contributed by atoms with van der Waals surface area (Å²) < 4.78 is 1.34. The van der Waals surface area contributed by atoms with Crippen LogP contribution in [0.2, 0.25) is 0 Å². The number of para-hydroxylation sites is 1. The van der Waals surface area contributed by atoms with Gasteiger partial charge in [0.25, 0.3) is 5.56 Å². The lowest BCUT2D eigenvalue weighted by Gasteiger charge is -2.12. The van der Waals surface area contributed by atoms with Gasteiger partial charge in [-0.15, -0.1) is 0 Å². The van der Waals surface area contributed by atoms with Crippen molar-refractivity contribution in [3.05, 3.63) is 64.7 Å². The number of carbonyl (C=O) groups excluding carboxylic acids is 2. The Morgan fingerprint density at radius 3 is 2.54 bits per heavy atom. The molecule has 7 nitrogen and oxygen atoms in total. The minimum Gasteiger partial charge on any atom is -0.326 e. The summed E-state index contributed by atoms with van der Waals surface area (Å²) in [7, 11) is 0. The first-order valence-corrected chi connectivity index (χ1v) is 9.18. The zero-order valence-electron chi connectivity index (χ0n) is 15.4. The van der Waals surface area contributed by atoms with Crippen LogP contribution >= 0.6 is 0 Å². The Morgan fingerprint density at radius 2 is 1.82 bits per heavy atom. The minimum atomic E-state index is -0.312. The third-order valence-corrected chi connectivity index (χ3v) is 4.72. The molecule has 1 aliphatic rings. The Balaban J connectivity index is 1.61. The molecular weight excluding hydrogens is 356 g/mol. The molecule has 0 saturated heterocycles. The summed E-state index contributed by atoms with van der Waals surface area (Å²) in [5.41, 5.74) is 1.45. The number of anilines is 2. The van der Waals surface area contributed by atoms with Gasteiger partial charge in [-0.3, -0.25) is 19.0 Å². The summed E-state index contributed by atoms with van der Waals surface area (Å²) in [6.45, 7) is 1.56. The smallest absolute Gasteiger partial charge is 0.261 e. The number of benzene rings is 2. The van der Waals surface area contributed by atoms with Crippen LogP contribution in [0.15, 0.2) is 53.3 Å². The predicted molar refractivity (Wildman–Crippen MR) is 107 cm³/mol. The van der Waals surface area contributed by atoms with E-state index in [1.54, 1.807) is 37.3 Å². The Kier molecular flexibility index (Phi) is 4.65. The van der Waals surface area contributed by atoms with Gasteiger partial charge in [0.15, 0.2) is 0 Å². The van der Waals surface area contributed by atoms with Crippen LogP contribution in [0.25, 0.3) is 10.9 Å².